The van der Waals surface area contributed by atoms with Crippen molar-refractivity contribution < 1.29 is 0 Å². The molecule has 9 heteroatoms. The fraction of sp³-hybridized carbons (Fsp3) is 0.438. The van der Waals surface area contributed by atoms with Crippen molar-refractivity contribution in [3.8, 4) is 11.5 Å². The third-order valence-electron chi connectivity index (χ3n) is 4.08. The molecule has 0 aliphatic heterocycles. The van der Waals surface area contributed by atoms with Gasteiger partial charge in [0.2, 0.25) is 0 Å². The summed E-state index contributed by atoms with van der Waals surface area (Å²) in [5.41, 5.74) is 0.390. The van der Waals surface area contributed by atoms with Gasteiger partial charge in [-0.2, -0.15) is 0 Å². The molecule has 25 heavy (non-hydrogen) atoms. The lowest BCUT2D eigenvalue weighted by molar-refractivity contribution is 0.597. The lowest BCUT2D eigenvalue weighted by Crippen LogP contribution is -2.31. The van der Waals surface area contributed by atoms with Crippen molar-refractivity contribution in [1.82, 2.24) is 34.1 Å². The summed E-state index contributed by atoms with van der Waals surface area (Å²) in [7, 11) is 1.73. The second-order valence-corrected chi connectivity index (χ2v) is 5.88. The molecule has 3 rings (SSSR count). The van der Waals surface area contributed by atoms with Crippen LogP contribution in [0.1, 0.15) is 26.2 Å². The Morgan fingerprint density at radius 1 is 1.32 bits per heavy atom. The number of aromatic nitrogens is 7. The van der Waals surface area contributed by atoms with Gasteiger partial charge in [-0.3, -0.25) is 19.0 Å². The lowest BCUT2D eigenvalue weighted by Gasteiger charge is -2.04. The largest absolute Gasteiger partial charge is 0.330 e. The summed E-state index contributed by atoms with van der Waals surface area (Å²) in [6, 6.07) is 0. The molecule has 1 N–H and O–H groups in total. The second-order valence-electron chi connectivity index (χ2n) is 5.88. The minimum Gasteiger partial charge on any atom is -0.320 e. The van der Waals surface area contributed by atoms with Gasteiger partial charge in [0.05, 0.1) is 6.20 Å². The Kier molecular flexibility index (Phi) is 4.64. The van der Waals surface area contributed by atoms with Crippen LogP contribution in [0.2, 0.25) is 0 Å². The van der Waals surface area contributed by atoms with E-state index in [1.165, 1.54) is 4.57 Å². The lowest BCUT2D eigenvalue weighted by atomic mass is 10.3. The van der Waals surface area contributed by atoms with Crippen LogP contribution in [-0.2, 0) is 20.1 Å². The van der Waals surface area contributed by atoms with E-state index in [4.69, 9.17) is 0 Å². The number of hydrogen-bond acceptors (Lipinski definition) is 5. The maximum absolute atomic E-state index is 12.3. The minimum absolute atomic E-state index is 0.353. The van der Waals surface area contributed by atoms with Gasteiger partial charge in [-0.05, 0) is 12.8 Å². The fourth-order valence-electron chi connectivity index (χ4n) is 2.73. The standard InChI is InChI=1S/C16H21N7O2/c1-4-6-8-22-10-11(19-20-22)13-17-14-12(21(13)3)15(24)18-16(25)23(14)9-7-5-2/h4,10H,1,5-9H2,2-3H3,(H,18,24,25). The molecule has 0 bridgehead atoms. The van der Waals surface area contributed by atoms with Gasteiger partial charge < -0.3 is 4.57 Å². The van der Waals surface area contributed by atoms with E-state index in [9.17, 15) is 9.59 Å². The predicted octanol–water partition coefficient (Wildman–Crippen LogP) is 1.06. The first-order valence-corrected chi connectivity index (χ1v) is 8.27. The van der Waals surface area contributed by atoms with Crippen LogP contribution in [0.15, 0.2) is 28.4 Å². The maximum atomic E-state index is 12.3. The Bertz CT molecular complexity index is 1020. The average Bonchev–Trinajstić information content (AvgIpc) is 3.17. The van der Waals surface area contributed by atoms with Crippen molar-refractivity contribution in [2.24, 2.45) is 7.05 Å². The Labute approximate surface area is 143 Å². The molecule has 0 fully saturated rings. The molecule has 3 aromatic rings. The topological polar surface area (TPSA) is 103 Å². The summed E-state index contributed by atoms with van der Waals surface area (Å²) < 4.78 is 4.86. The Morgan fingerprint density at radius 3 is 2.84 bits per heavy atom. The number of aryl methyl sites for hydroxylation is 3. The van der Waals surface area contributed by atoms with E-state index in [0.717, 1.165) is 19.3 Å². The van der Waals surface area contributed by atoms with Crippen LogP contribution in [0.25, 0.3) is 22.7 Å². The van der Waals surface area contributed by atoms with Gasteiger partial charge in [0.25, 0.3) is 5.56 Å². The van der Waals surface area contributed by atoms with E-state index < -0.39 is 11.2 Å². The van der Waals surface area contributed by atoms with Crippen molar-refractivity contribution in [3.63, 3.8) is 0 Å². The van der Waals surface area contributed by atoms with Crippen LogP contribution in [0.4, 0.5) is 0 Å². The van der Waals surface area contributed by atoms with Gasteiger partial charge in [0, 0.05) is 20.1 Å². The molecule has 9 nitrogen and oxygen atoms in total. The predicted molar refractivity (Wildman–Crippen MR) is 94.3 cm³/mol. The first kappa shape index (κ1) is 16.9. The average molecular weight is 343 g/mol. The molecular formula is C16H21N7O2. The molecule has 0 aliphatic carbocycles. The van der Waals surface area contributed by atoms with Gasteiger partial charge in [-0.1, -0.05) is 24.6 Å². The van der Waals surface area contributed by atoms with Crippen LogP contribution in [-0.4, -0.2) is 34.1 Å². The van der Waals surface area contributed by atoms with E-state index in [0.29, 0.717) is 35.8 Å². The minimum atomic E-state index is -0.451. The summed E-state index contributed by atoms with van der Waals surface area (Å²) >= 11 is 0. The smallest absolute Gasteiger partial charge is 0.320 e. The van der Waals surface area contributed by atoms with E-state index in [1.807, 2.05) is 13.0 Å². The maximum Gasteiger partial charge on any atom is 0.330 e. The quantitative estimate of drug-likeness (QED) is 0.646. The van der Waals surface area contributed by atoms with Crippen LogP contribution in [0, 0.1) is 0 Å². The van der Waals surface area contributed by atoms with Gasteiger partial charge in [-0.25, -0.2) is 9.78 Å². The molecular weight excluding hydrogens is 322 g/mol. The summed E-state index contributed by atoms with van der Waals surface area (Å²) in [6.45, 7) is 6.90. The molecule has 0 aliphatic rings. The number of nitrogens with zero attached hydrogens (tertiary/aromatic N) is 6. The number of imidazole rings is 1. The third-order valence-corrected chi connectivity index (χ3v) is 4.08. The number of allylic oxidation sites excluding steroid dienone is 1. The van der Waals surface area contributed by atoms with Gasteiger partial charge in [-0.15, -0.1) is 11.7 Å². The summed E-state index contributed by atoms with van der Waals surface area (Å²) in [4.78, 5) is 31.3. The van der Waals surface area contributed by atoms with Crippen molar-refractivity contribution in [2.75, 3.05) is 0 Å². The van der Waals surface area contributed by atoms with E-state index in [1.54, 1.807) is 22.5 Å². The van der Waals surface area contributed by atoms with E-state index >= 15 is 0 Å². The SMILES string of the molecule is C=CCCn1cc(-c2nc3c(c(=O)[nH]c(=O)n3CCCC)n2C)nn1. The Morgan fingerprint density at radius 2 is 2.12 bits per heavy atom. The van der Waals surface area contributed by atoms with Gasteiger partial charge in [0.15, 0.2) is 17.0 Å². The molecule has 0 atom stereocenters. The highest BCUT2D eigenvalue weighted by Gasteiger charge is 2.19. The number of nitrogens with one attached hydrogen (secondary N) is 1. The molecule has 0 radical (unpaired) electrons. The summed E-state index contributed by atoms with van der Waals surface area (Å²) in [5, 5.41) is 8.20. The molecule has 0 aromatic carbocycles. The summed E-state index contributed by atoms with van der Waals surface area (Å²) in [6.07, 6.45) is 6.12. The van der Waals surface area contributed by atoms with Crippen molar-refractivity contribution in [1.29, 1.82) is 0 Å². The number of H-pyrrole nitrogens is 1. The molecule has 0 amide bonds. The first-order chi connectivity index (χ1) is 12.1. The zero-order valence-corrected chi connectivity index (χ0v) is 14.4. The van der Waals surface area contributed by atoms with Crippen molar-refractivity contribution >= 4 is 11.2 Å². The molecule has 0 spiro atoms. The fourth-order valence-corrected chi connectivity index (χ4v) is 2.73. The number of rotatable bonds is 7. The summed E-state index contributed by atoms with van der Waals surface area (Å²) in [5.74, 6) is 0.501. The zero-order chi connectivity index (χ0) is 18.0. The number of aromatic amines is 1. The van der Waals surface area contributed by atoms with Crippen LogP contribution < -0.4 is 11.2 Å². The number of fused-ring (bicyclic) bond motifs is 1. The molecule has 0 saturated carbocycles. The third kappa shape index (κ3) is 3.04. The van der Waals surface area contributed by atoms with Crippen molar-refractivity contribution in [2.45, 2.75) is 39.3 Å². The highest BCUT2D eigenvalue weighted by molar-refractivity contribution is 5.75. The Hall–Kier alpha value is -2.97. The first-order valence-electron chi connectivity index (χ1n) is 8.27. The van der Waals surface area contributed by atoms with E-state index in [-0.39, 0.29) is 0 Å². The Balaban J connectivity index is 2.14. The second kappa shape index (κ2) is 6.88. The van der Waals surface area contributed by atoms with Crippen LogP contribution in [0.3, 0.4) is 0 Å². The van der Waals surface area contributed by atoms with Crippen LogP contribution >= 0.6 is 0 Å². The normalized spacial score (nSPS) is 11.3. The highest BCUT2D eigenvalue weighted by Crippen LogP contribution is 2.19. The van der Waals surface area contributed by atoms with Gasteiger partial charge in [0.1, 0.15) is 5.69 Å². The number of hydrogen-bond donors (Lipinski definition) is 1. The molecule has 3 aromatic heterocycles. The number of unbranched alkanes of at least 4 members (excludes halogenated alkanes) is 1. The molecule has 3 heterocycles. The van der Waals surface area contributed by atoms with Crippen LogP contribution in [0.5, 0.6) is 0 Å². The van der Waals surface area contributed by atoms with E-state index in [2.05, 4.69) is 26.9 Å². The molecule has 0 unspecified atom stereocenters. The molecule has 0 saturated heterocycles. The monoisotopic (exact) mass is 343 g/mol. The molecule has 132 valence electrons. The highest BCUT2D eigenvalue weighted by atomic mass is 16.2. The van der Waals surface area contributed by atoms with Crippen molar-refractivity contribution in [3.05, 3.63) is 39.7 Å². The van der Waals surface area contributed by atoms with Gasteiger partial charge >= 0.3 is 5.69 Å². The zero-order valence-electron chi connectivity index (χ0n) is 14.4.